The zero-order valence-electron chi connectivity index (χ0n) is 8.29. The highest BCUT2D eigenvalue weighted by Crippen LogP contribution is 2.30. The predicted octanol–water partition coefficient (Wildman–Crippen LogP) is 0.798. The van der Waals surface area contributed by atoms with Crippen molar-refractivity contribution in [1.82, 2.24) is 0 Å². The lowest BCUT2D eigenvalue weighted by Crippen LogP contribution is -2.48. The predicted molar refractivity (Wildman–Crippen MR) is 49.2 cm³/mol. The van der Waals surface area contributed by atoms with Crippen molar-refractivity contribution in [2.24, 2.45) is 0 Å². The Morgan fingerprint density at radius 3 is 2.54 bits per heavy atom. The number of rotatable bonds is 0. The first-order valence-corrected chi connectivity index (χ1v) is 4.47. The third kappa shape index (κ3) is 1.81. The van der Waals surface area contributed by atoms with Crippen LogP contribution in [0, 0.1) is 0 Å². The molecule has 74 valence electrons. The molecule has 2 N–H and O–H groups in total. The number of carbonyl (C=O) groups is 1. The van der Waals surface area contributed by atoms with Crippen LogP contribution < -0.4 is 0 Å². The number of Topliss-reactive ketones (excluding diaryl/α,β-unsaturated/α-hetero) is 1. The molecule has 0 spiro atoms. The Labute approximate surface area is 78.1 Å². The summed E-state index contributed by atoms with van der Waals surface area (Å²) in [5, 5.41) is 19.1. The molecule has 1 rings (SSSR count). The molecule has 1 aliphatic rings. The average molecular weight is 184 g/mol. The smallest absolute Gasteiger partial charge is 0.190 e. The number of aliphatic hydroxyl groups excluding tert-OH is 1. The lowest BCUT2D eigenvalue weighted by molar-refractivity contribution is -0.142. The van der Waals surface area contributed by atoms with E-state index in [4.69, 9.17) is 0 Å². The number of ketones is 1. The summed E-state index contributed by atoms with van der Waals surface area (Å²) in [6, 6.07) is 0. The summed E-state index contributed by atoms with van der Waals surface area (Å²) in [6.45, 7) is 5.19. The Morgan fingerprint density at radius 1 is 1.54 bits per heavy atom. The van der Waals surface area contributed by atoms with Crippen molar-refractivity contribution in [1.29, 1.82) is 0 Å². The van der Waals surface area contributed by atoms with Crippen LogP contribution in [0.3, 0.4) is 0 Å². The number of allylic oxidation sites excluding steroid dienone is 1. The van der Waals surface area contributed by atoms with Crippen LogP contribution in [0.1, 0.15) is 33.6 Å². The van der Waals surface area contributed by atoms with E-state index in [0.717, 1.165) is 5.57 Å². The summed E-state index contributed by atoms with van der Waals surface area (Å²) in [6.07, 6.45) is -0.253. The van der Waals surface area contributed by atoms with Gasteiger partial charge in [0.1, 0.15) is 6.10 Å². The zero-order chi connectivity index (χ0) is 10.2. The topological polar surface area (TPSA) is 57.5 Å². The molecular formula is C10H16O3. The van der Waals surface area contributed by atoms with E-state index in [2.05, 4.69) is 0 Å². The molecule has 0 bridgehead atoms. The molecule has 1 saturated carbocycles. The third-order valence-electron chi connectivity index (χ3n) is 2.62. The molecule has 0 aromatic carbocycles. The minimum Gasteiger partial charge on any atom is -0.387 e. The van der Waals surface area contributed by atoms with Crippen LogP contribution in [0.4, 0.5) is 0 Å². The largest absolute Gasteiger partial charge is 0.387 e. The minimum absolute atomic E-state index is 0.323. The van der Waals surface area contributed by atoms with Crippen molar-refractivity contribution in [3.05, 3.63) is 11.1 Å². The molecular weight excluding hydrogens is 168 g/mol. The second-order valence-corrected chi connectivity index (χ2v) is 4.10. The molecule has 3 heteroatoms. The Kier molecular flexibility index (Phi) is 2.59. The van der Waals surface area contributed by atoms with E-state index in [9.17, 15) is 15.0 Å². The van der Waals surface area contributed by atoms with Gasteiger partial charge in [0, 0.05) is 0 Å². The van der Waals surface area contributed by atoms with Gasteiger partial charge in [-0.2, -0.15) is 0 Å². The first-order valence-electron chi connectivity index (χ1n) is 4.47. The van der Waals surface area contributed by atoms with E-state index in [1.165, 1.54) is 6.92 Å². The van der Waals surface area contributed by atoms with E-state index in [1.807, 2.05) is 13.8 Å². The highest BCUT2D eigenvalue weighted by molar-refractivity contribution is 6.00. The zero-order valence-corrected chi connectivity index (χ0v) is 8.29. The molecule has 0 amide bonds. The third-order valence-corrected chi connectivity index (χ3v) is 2.62. The Balaban J connectivity index is 2.96. The van der Waals surface area contributed by atoms with E-state index in [1.54, 1.807) is 0 Å². The van der Waals surface area contributed by atoms with Crippen molar-refractivity contribution < 1.29 is 15.0 Å². The summed E-state index contributed by atoms with van der Waals surface area (Å²) in [7, 11) is 0. The van der Waals surface area contributed by atoms with E-state index < -0.39 is 11.7 Å². The Bertz CT molecular complexity index is 259. The van der Waals surface area contributed by atoms with Gasteiger partial charge in [-0.3, -0.25) is 4.79 Å². The van der Waals surface area contributed by atoms with Crippen molar-refractivity contribution in [2.75, 3.05) is 0 Å². The molecule has 3 nitrogen and oxygen atoms in total. The quantitative estimate of drug-likeness (QED) is 0.547. The van der Waals surface area contributed by atoms with Crippen LogP contribution in [0.15, 0.2) is 11.1 Å². The monoisotopic (exact) mass is 184 g/mol. The SMILES string of the molecule is CC(C)=C1CC[C@@](C)(O)[C@H](O)C1=O. The van der Waals surface area contributed by atoms with Gasteiger partial charge >= 0.3 is 0 Å². The average Bonchev–Trinajstić information content (AvgIpc) is 2.00. The summed E-state index contributed by atoms with van der Waals surface area (Å²) in [5.74, 6) is -0.323. The minimum atomic E-state index is -1.26. The van der Waals surface area contributed by atoms with Gasteiger partial charge in [-0.15, -0.1) is 0 Å². The molecule has 1 fully saturated rings. The Morgan fingerprint density at radius 2 is 2.08 bits per heavy atom. The van der Waals surface area contributed by atoms with Crippen LogP contribution >= 0.6 is 0 Å². The second kappa shape index (κ2) is 3.24. The van der Waals surface area contributed by atoms with Gasteiger partial charge in [-0.05, 0) is 39.2 Å². The van der Waals surface area contributed by atoms with Gasteiger partial charge in [0.2, 0.25) is 0 Å². The fourth-order valence-electron chi connectivity index (χ4n) is 1.58. The molecule has 0 radical (unpaired) electrons. The van der Waals surface area contributed by atoms with Gasteiger partial charge in [-0.25, -0.2) is 0 Å². The molecule has 0 aliphatic heterocycles. The van der Waals surface area contributed by atoms with Gasteiger partial charge < -0.3 is 10.2 Å². The first-order chi connectivity index (χ1) is 5.86. The maximum atomic E-state index is 11.5. The van der Waals surface area contributed by atoms with Crippen molar-refractivity contribution in [3.8, 4) is 0 Å². The highest BCUT2D eigenvalue weighted by atomic mass is 16.3. The van der Waals surface area contributed by atoms with Crippen molar-refractivity contribution in [2.45, 2.75) is 45.3 Å². The maximum absolute atomic E-state index is 11.5. The van der Waals surface area contributed by atoms with Crippen LogP contribution in [0.5, 0.6) is 0 Å². The van der Waals surface area contributed by atoms with Gasteiger partial charge in [0.05, 0.1) is 5.60 Å². The molecule has 2 atom stereocenters. The lowest BCUT2D eigenvalue weighted by atomic mass is 9.79. The molecule has 1 aliphatic carbocycles. The van der Waals surface area contributed by atoms with Crippen molar-refractivity contribution in [3.63, 3.8) is 0 Å². The van der Waals surface area contributed by atoms with Gasteiger partial charge in [-0.1, -0.05) is 5.57 Å². The summed E-state index contributed by atoms with van der Waals surface area (Å²) in [4.78, 5) is 11.5. The van der Waals surface area contributed by atoms with E-state index in [0.29, 0.717) is 18.4 Å². The van der Waals surface area contributed by atoms with E-state index >= 15 is 0 Å². The molecule has 0 unspecified atom stereocenters. The summed E-state index contributed by atoms with van der Waals surface area (Å²) in [5.41, 5.74) is 0.342. The molecule has 0 heterocycles. The number of carbonyl (C=O) groups excluding carboxylic acids is 1. The fraction of sp³-hybridized carbons (Fsp3) is 0.700. The maximum Gasteiger partial charge on any atom is 0.190 e. The normalized spacial score (nSPS) is 35.0. The van der Waals surface area contributed by atoms with Crippen LogP contribution in [-0.4, -0.2) is 27.7 Å². The van der Waals surface area contributed by atoms with Crippen LogP contribution in [0.2, 0.25) is 0 Å². The number of aliphatic hydroxyl groups is 2. The lowest BCUT2D eigenvalue weighted by Gasteiger charge is -2.33. The van der Waals surface area contributed by atoms with Gasteiger partial charge in [0.15, 0.2) is 5.78 Å². The molecule has 0 saturated heterocycles. The second-order valence-electron chi connectivity index (χ2n) is 4.10. The van der Waals surface area contributed by atoms with Crippen LogP contribution in [-0.2, 0) is 4.79 Å². The fourth-order valence-corrected chi connectivity index (χ4v) is 1.58. The van der Waals surface area contributed by atoms with Crippen molar-refractivity contribution >= 4 is 5.78 Å². The molecule has 0 aromatic heterocycles. The molecule has 0 aromatic rings. The summed E-state index contributed by atoms with van der Waals surface area (Å²) < 4.78 is 0. The number of hydrogen-bond acceptors (Lipinski definition) is 3. The summed E-state index contributed by atoms with van der Waals surface area (Å²) >= 11 is 0. The molecule has 13 heavy (non-hydrogen) atoms. The van der Waals surface area contributed by atoms with Gasteiger partial charge in [0.25, 0.3) is 0 Å². The highest BCUT2D eigenvalue weighted by Gasteiger charge is 2.41. The van der Waals surface area contributed by atoms with E-state index in [-0.39, 0.29) is 5.78 Å². The van der Waals surface area contributed by atoms with Crippen LogP contribution in [0.25, 0.3) is 0 Å². The standard InChI is InChI=1S/C10H16O3/c1-6(2)7-4-5-10(3,13)9(12)8(7)11/h9,12-13H,4-5H2,1-3H3/t9-,10-/m1/s1. The number of hydrogen-bond donors (Lipinski definition) is 2. The first kappa shape index (κ1) is 10.4. The Hall–Kier alpha value is -0.670.